The summed E-state index contributed by atoms with van der Waals surface area (Å²) in [6.45, 7) is 1.64. The number of fused-ring (bicyclic) bond motifs is 1. The number of hydrogen-bond donors (Lipinski definition) is 1. The highest BCUT2D eigenvalue weighted by molar-refractivity contribution is 6.04. The van der Waals surface area contributed by atoms with E-state index in [0.29, 0.717) is 39.5 Å². The summed E-state index contributed by atoms with van der Waals surface area (Å²) in [6, 6.07) is 13.6. The maximum Gasteiger partial charge on any atom is 0.416 e. The van der Waals surface area contributed by atoms with E-state index in [9.17, 15) is 22.4 Å². The Morgan fingerprint density at radius 2 is 1.82 bits per heavy atom. The lowest BCUT2D eigenvalue weighted by Gasteiger charge is -2.10. The van der Waals surface area contributed by atoms with Crippen molar-refractivity contribution in [3.8, 4) is 28.3 Å². The number of halogens is 4. The van der Waals surface area contributed by atoms with Gasteiger partial charge in [0.05, 0.1) is 24.6 Å². The van der Waals surface area contributed by atoms with Gasteiger partial charge in [0, 0.05) is 29.0 Å². The highest BCUT2D eigenvalue weighted by Crippen LogP contribution is 2.36. The number of hydrogen-bond acceptors (Lipinski definition) is 5. The van der Waals surface area contributed by atoms with Crippen LogP contribution in [0.4, 0.5) is 23.4 Å². The van der Waals surface area contributed by atoms with Crippen LogP contribution < -0.4 is 10.1 Å². The Kier molecular flexibility index (Phi) is 6.27. The number of alkyl halides is 3. The predicted octanol–water partition coefficient (Wildman–Crippen LogP) is 6.19. The molecule has 0 aliphatic rings. The lowest BCUT2D eigenvalue weighted by molar-refractivity contribution is -0.137. The van der Waals surface area contributed by atoms with Crippen LogP contribution in [0.15, 0.2) is 73.1 Å². The minimum absolute atomic E-state index is 0.101. The Bertz CT molecular complexity index is 1680. The molecule has 11 heteroatoms. The average Bonchev–Trinajstić information content (AvgIpc) is 3.30. The number of aryl methyl sites for hydroxylation is 1. The average molecular weight is 521 g/mol. The van der Waals surface area contributed by atoms with Crippen LogP contribution in [0.2, 0.25) is 0 Å². The van der Waals surface area contributed by atoms with Gasteiger partial charge in [-0.15, -0.1) is 0 Å². The van der Waals surface area contributed by atoms with Crippen molar-refractivity contribution in [2.75, 3.05) is 12.4 Å². The van der Waals surface area contributed by atoms with Crippen molar-refractivity contribution in [2.45, 2.75) is 13.1 Å². The molecule has 192 valence electrons. The Morgan fingerprint density at radius 1 is 1.00 bits per heavy atom. The number of methoxy groups -OCH3 is 1. The van der Waals surface area contributed by atoms with Crippen LogP contribution >= 0.6 is 0 Å². The first-order chi connectivity index (χ1) is 18.2. The predicted molar refractivity (Wildman–Crippen MR) is 132 cm³/mol. The molecule has 0 saturated heterocycles. The molecule has 0 fully saturated rings. The molecule has 0 atom stereocenters. The Balaban J connectivity index is 1.59. The van der Waals surface area contributed by atoms with Crippen LogP contribution in [0.25, 0.3) is 28.2 Å². The SMILES string of the molecule is COc1ccnn2c(-c3ccnc(NC(=O)c4cccc(C(F)(F)F)c4)c3)c(-c3ccc(F)c(C)c3)nc12. The van der Waals surface area contributed by atoms with Crippen LogP contribution in [-0.4, -0.2) is 32.6 Å². The first kappa shape index (κ1) is 24.9. The van der Waals surface area contributed by atoms with Gasteiger partial charge in [-0.25, -0.2) is 18.9 Å². The van der Waals surface area contributed by atoms with E-state index in [4.69, 9.17) is 9.72 Å². The number of anilines is 1. The first-order valence-electron chi connectivity index (χ1n) is 11.3. The van der Waals surface area contributed by atoms with Gasteiger partial charge in [-0.2, -0.15) is 18.3 Å². The smallest absolute Gasteiger partial charge is 0.416 e. The molecule has 0 radical (unpaired) electrons. The molecule has 1 N–H and O–H groups in total. The Labute approximate surface area is 213 Å². The molecule has 0 bridgehead atoms. The number of nitrogens with one attached hydrogen (secondary N) is 1. The highest BCUT2D eigenvalue weighted by atomic mass is 19.4. The van der Waals surface area contributed by atoms with Crippen molar-refractivity contribution >= 4 is 17.4 Å². The van der Waals surface area contributed by atoms with Crippen molar-refractivity contribution in [1.29, 1.82) is 0 Å². The van der Waals surface area contributed by atoms with E-state index in [1.807, 2.05) is 0 Å². The summed E-state index contributed by atoms with van der Waals surface area (Å²) >= 11 is 0. The molecule has 0 saturated carbocycles. The summed E-state index contributed by atoms with van der Waals surface area (Å²) < 4.78 is 60.3. The fraction of sp³-hybridized carbons (Fsp3) is 0.111. The van der Waals surface area contributed by atoms with E-state index in [-0.39, 0.29) is 17.2 Å². The minimum Gasteiger partial charge on any atom is -0.493 e. The normalized spacial score (nSPS) is 11.5. The molecule has 5 rings (SSSR count). The number of nitrogens with zero attached hydrogens (tertiary/aromatic N) is 4. The number of amides is 1. The monoisotopic (exact) mass is 521 g/mol. The van der Waals surface area contributed by atoms with E-state index in [2.05, 4.69) is 15.4 Å². The quantitative estimate of drug-likeness (QED) is 0.279. The van der Waals surface area contributed by atoms with Crippen LogP contribution in [0.5, 0.6) is 5.75 Å². The fourth-order valence-electron chi connectivity index (χ4n) is 4.01. The molecule has 0 aliphatic carbocycles. The maximum absolute atomic E-state index is 14.0. The lowest BCUT2D eigenvalue weighted by atomic mass is 10.0. The molecular weight excluding hydrogens is 502 g/mol. The summed E-state index contributed by atoms with van der Waals surface area (Å²) in [4.78, 5) is 21.6. The van der Waals surface area contributed by atoms with E-state index in [1.54, 1.807) is 41.8 Å². The number of carbonyl (C=O) groups is 1. The molecule has 1 amide bonds. The molecular formula is C27H19F4N5O2. The second-order valence-electron chi connectivity index (χ2n) is 8.37. The van der Waals surface area contributed by atoms with E-state index in [0.717, 1.165) is 18.2 Å². The molecule has 5 aromatic rings. The maximum atomic E-state index is 14.0. The van der Waals surface area contributed by atoms with Gasteiger partial charge < -0.3 is 10.1 Å². The molecule has 2 aromatic carbocycles. The van der Waals surface area contributed by atoms with Gasteiger partial charge in [0.1, 0.15) is 17.3 Å². The van der Waals surface area contributed by atoms with Gasteiger partial charge in [-0.05, 0) is 61.0 Å². The number of carbonyl (C=O) groups excluding carboxylic acids is 1. The van der Waals surface area contributed by atoms with E-state index >= 15 is 0 Å². The van der Waals surface area contributed by atoms with Crippen molar-refractivity contribution in [1.82, 2.24) is 19.6 Å². The van der Waals surface area contributed by atoms with Crippen LogP contribution in [0.1, 0.15) is 21.5 Å². The topological polar surface area (TPSA) is 81.4 Å². The fourth-order valence-corrected chi connectivity index (χ4v) is 4.01. The number of rotatable bonds is 5. The summed E-state index contributed by atoms with van der Waals surface area (Å²) in [5.41, 5.74) is 1.89. The summed E-state index contributed by atoms with van der Waals surface area (Å²) in [7, 11) is 1.50. The van der Waals surface area contributed by atoms with Gasteiger partial charge in [-0.1, -0.05) is 6.07 Å². The van der Waals surface area contributed by atoms with E-state index < -0.39 is 17.6 Å². The van der Waals surface area contributed by atoms with Gasteiger partial charge in [0.25, 0.3) is 5.91 Å². The standard InChI is InChI=1S/C27H19F4N5O2/c1-15-12-16(6-7-20(15)28)23-24(36-25(35-23)21(38-2)9-11-33-36)17-8-10-32-22(14-17)34-26(37)18-4-3-5-19(13-18)27(29,30)31/h3-14H,1-2H3,(H,32,34,37). The van der Waals surface area contributed by atoms with Crippen molar-refractivity contribution in [2.24, 2.45) is 0 Å². The number of ether oxygens (including phenoxy) is 1. The summed E-state index contributed by atoms with van der Waals surface area (Å²) in [5.74, 6) is -0.561. The van der Waals surface area contributed by atoms with Crippen LogP contribution in [-0.2, 0) is 6.18 Å². The van der Waals surface area contributed by atoms with Crippen molar-refractivity contribution in [3.63, 3.8) is 0 Å². The molecule has 0 aliphatic heterocycles. The molecule has 3 heterocycles. The lowest BCUT2D eigenvalue weighted by Crippen LogP contribution is -2.14. The van der Waals surface area contributed by atoms with Crippen LogP contribution in [0.3, 0.4) is 0 Å². The number of aromatic nitrogens is 4. The van der Waals surface area contributed by atoms with Crippen molar-refractivity contribution < 1.29 is 27.1 Å². The zero-order valence-electron chi connectivity index (χ0n) is 20.0. The third kappa shape index (κ3) is 4.65. The molecule has 0 spiro atoms. The Morgan fingerprint density at radius 3 is 2.55 bits per heavy atom. The molecule has 0 unspecified atom stereocenters. The van der Waals surface area contributed by atoms with Gasteiger partial charge >= 0.3 is 6.18 Å². The number of imidazole rings is 1. The third-order valence-electron chi connectivity index (χ3n) is 5.86. The highest BCUT2D eigenvalue weighted by Gasteiger charge is 2.31. The van der Waals surface area contributed by atoms with Gasteiger partial charge in [0.2, 0.25) is 0 Å². The molecule has 3 aromatic heterocycles. The largest absolute Gasteiger partial charge is 0.493 e. The Hall–Kier alpha value is -4.80. The first-order valence-corrected chi connectivity index (χ1v) is 11.3. The second-order valence-corrected chi connectivity index (χ2v) is 8.37. The van der Waals surface area contributed by atoms with Crippen molar-refractivity contribution in [3.05, 3.63) is 95.6 Å². The van der Waals surface area contributed by atoms with E-state index in [1.165, 1.54) is 31.6 Å². The summed E-state index contributed by atoms with van der Waals surface area (Å²) in [6.07, 6.45) is -1.61. The third-order valence-corrected chi connectivity index (χ3v) is 5.86. The molecule has 38 heavy (non-hydrogen) atoms. The second kappa shape index (κ2) is 9.58. The zero-order chi connectivity index (χ0) is 27.0. The summed E-state index contributed by atoms with van der Waals surface area (Å²) in [5, 5.41) is 6.95. The minimum atomic E-state index is -4.58. The number of benzene rings is 2. The molecule has 7 nitrogen and oxygen atoms in total. The van der Waals surface area contributed by atoms with Gasteiger partial charge in [0.15, 0.2) is 11.4 Å². The number of pyridine rings is 1. The van der Waals surface area contributed by atoms with Crippen LogP contribution in [0, 0.1) is 12.7 Å². The zero-order valence-corrected chi connectivity index (χ0v) is 20.0. The van der Waals surface area contributed by atoms with Gasteiger partial charge in [-0.3, -0.25) is 4.79 Å².